The van der Waals surface area contributed by atoms with Gasteiger partial charge in [0.25, 0.3) is 0 Å². The van der Waals surface area contributed by atoms with Gasteiger partial charge in [0.05, 0.1) is 5.92 Å². The van der Waals surface area contributed by atoms with Gasteiger partial charge < -0.3 is 9.47 Å². The molecule has 1 aliphatic rings. The molecule has 3 nitrogen and oxygen atoms in total. The maximum atomic E-state index is 11.7. The molecule has 3 rings (SSSR count). The van der Waals surface area contributed by atoms with Crippen molar-refractivity contribution in [3.05, 3.63) is 42.0 Å². The number of terminal acetylenes is 1. The normalized spacial score (nSPS) is 13.7. The Labute approximate surface area is 123 Å². The summed E-state index contributed by atoms with van der Waals surface area (Å²) in [6, 6.07) is 11.8. The van der Waals surface area contributed by atoms with Crippen LogP contribution in [-0.4, -0.2) is 12.6 Å². The minimum Gasteiger partial charge on any atom is -0.481 e. The van der Waals surface area contributed by atoms with Crippen LogP contribution in [0.25, 0.3) is 10.8 Å². The predicted molar refractivity (Wildman–Crippen MR) is 80.8 cm³/mol. The molecule has 1 aliphatic carbocycles. The zero-order chi connectivity index (χ0) is 14.7. The summed E-state index contributed by atoms with van der Waals surface area (Å²) in [5, 5.41) is 2.11. The largest absolute Gasteiger partial charge is 0.481 e. The van der Waals surface area contributed by atoms with Gasteiger partial charge in [0.2, 0.25) is 0 Å². The predicted octanol–water partition coefficient (Wildman–Crippen LogP) is 3.31. The van der Waals surface area contributed by atoms with E-state index in [4.69, 9.17) is 15.9 Å². The number of hydrogen-bond donors (Lipinski definition) is 0. The van der Waals surface area contributed by atoms with E-state index in [0.717, 1.165) is 29.2 Å². The van der Waals surface area contributed by atoms with Crippen LogP contribution in [0.1, 0.15) is 18.4 Å². The molecule has 2 aromatic carbocycles. The minimum atomic E-state index is -0.120. The van der Waals surface area contributed by atoms with Gasteiger partial charge in [-0.25, -0.2) is 0 Å². The van der Waals surface area contributed by atoms with E-state index in [-0.39, 0.29) is 25.1 Å². The van der Waals surface area contributed by atoms with Crippen molar-refractivity contribution in [2.24, 2.45) is 5.92 Å². The molecule has 0 atom stereocenters. The summed E-state index contributed by atoms with van der Waals surface area (Å²) in [7, 11) is 0. The van der Waals surface area contributed by atoms with E-state index in [1.807, 2.05) is 36.4 Å². The number of esters is 1. The molecule has 0 aliphatic heterocycles. The first-order valence-corrected chi connectivity index (χ1v) is 7.03. The van der Waals surface area contributed by atoms with Crippen LogP contribution in [0.15, 0.2) is 36.4 Å². The van der Waals surface area contributed by atoms with E-state index in [1.54, 1.807) is 0 Å². The fourth-order valence-electron chi connectivity index (χ4n) is 2.30. The van der Waals surface area contributed by atoms with Crippen molar-refractivity contribution in [2.45, 2.75) is 19.4 Å². The number of fused-ring (bicyclic) bond motifs is 1. The van der Waals surface area contributed by atoms with E-state index in [2.05, 4.69) is 5.92 Å². The average molecular weight is 280 g/mol. The Kier molecular flexibility index (Phi) is 3.79. The number of benzene rings is 2. The number of ether oxygens (including phenoxy) is 2. The second kappa shape index (κ2) is 5.88. The lowest BCUT2D eigenvalue weighted by Gasteiger charge is -2.13. The molecule has 0 spiro atoms. The van der Waals surface area contributed by atoms with Crippen LogP contribution >= 0.6 is 0 Å². The number of rotatable bonds is 5. The summed E-state index contributed by atoms with van der Waals surface area (Å²) in [6.07, 6.45) is 7.13. The molecule has 0 aromatic heterocycles. The number of carbonyl (C=O) groups excluding carboxylic acids is 1. The maximum Gasteiger partial charge on any atom is 0.309 e. The van der Waals surface area contributed by atoms with Gasteiger partial charge in [-0.1, -0.05) is 36.3 Å². The molecule has 0 unspecified atom stereocenters. The Balaban J connectivity index is 1.90. The van der Waals surface area contributed by atoms with Gasteiger partial charge in [-0.15, -0.1) is 6.42 Å². The molecule has 0 amide bonds. The second-order valence-electron chi connectivity index (χ2n) is 5.14. The van der Waals surface area contributed by atoms with Gasteiger partial charge in [-0.05, 0) is 29.7 Å². The molecular formula is C18H16O3. The fraction of sp³-hybridized carbons (Fsp3) is 0.278. The van der Waals surface area contributed by atoms with Crippen LogP contribution in [0.3, 0.4) is 0 Å². The van der Waals surface area contributed by atoms with E-state index >= 15 is 0 Å². The van der Waals surface area contributed by atoms with E-state index < -0.39 is 0 Å². The smallest absolute Gasteiger partial charge is 0.309 e. The highest BCUT2D eigenvalue weighted by molar-refractivity contribution is 5.88. The van der Waals surface area contributed by atoms with Crippen LogP contribution in [0.4, 0.5) is 0 Å². The van der Waals surface area contributed by atoms with Crippen LogP contribution < -0.4 is 4.74 Å². The van der Waals surface area contributed by atoms with E-state index in [0.29, 0.717) is 5.75 Å². The minimum absolute atomic E-state index is 0.0926. The molecule has 2 aromatic rings. The van der Waals surface area contributed by atoms with Crippen LogP contribution in [0.5, 0.6) is 5.75 Å². The third-order valence-electron chi connectivity index (χ3n) is 3.58. The molecule has 0 radical (unpaired) electrons. The highest BCUT2D eigenvalue weighted by atomic mass is 16.5. The molecule has 106 valence electrons. The van der Waals surface area contributed by atoms with Gasteiger partial charge in [-0.2, -0.15) is 0 Å². The Bertz CT molecular complexity index is 708. The first kappa shape index (κ1) is 13.5. The summed E-state index contributed by atoms with van der Waals surface area (Å²) in [5.41, 5.74) is 0.873. The highest BCUT2D eigenvalue weighted by Gasteiger charge is 2.31. The molecule has 0 bridgehead atoms. The lowest BCUT2D eigenvalue weighted by atomic mass is 10.0. The quantitative estimate of drug-likeness (QED) is 0.622. The lowest BCUT2D eigenvalue weighted by Crippen LogP contribution is -2.08. The first-order valence-electron chi connectivity index (χ1n) is 7.03. The lowest BCUT2D eigenvalue weighted by molar-refractivity contribution is -0.146. The summed E-state index contributed by atoms with van der Waals surface area (Å²) in [4.78, 5) is 11.7. The summed E-state index contributed by atoms with van der Waals surface area (Å²) < 4.78 is 11.0. The van der Waals surface area contributed by atoms with Crippen molar-refractivity contribution in [1.29, 1.82) is 0 Å². The Morgan fingerprint density at radius 3 is 2.81 bits per heavy atom. The Hall–Kier alpha value is -2.47. The Morgan fingerprint density at radius 1 is 1.24 bits per heavy atom. The molecular weight excluding hydrogens is 264 g/mol. The third-order valence-corrected chi connectivity index (χ3v) is 3.58. The molecule has 0 saturated heterocycles. The van der Waals surface area contributed by atoms with Crippen molar-refractivity contribution >= 4 is 16.7 Å². The maximum absolute atomic E-state index is 11.7. The molecule has 1 fully saturated rings. The molecule has 1 saturated carbocycles. The topological polar surface area (TPSA) is 35.5 Å². The molecule has 3 heteroatoms. The summed E-state index contributed by atoms with van der Waals surface area (Å²) in [5.74, 6) is 3.10. The van der Waals surface area contributed by atoms with Crippen molar-refractivity contribution < 1.29 is 14.3 Å². The molecule has 0 heterocycles. The van der Waals surface area contributed by atoms with Gasteiger partial charge >= 0.3 is 5.97 Å². The molecule has 0 N–H and O–H groups in total. The third kappa shape index (κ3) is 3.00. The van der Waals surface area contributed by atoms with Gasteiger partial charge in [0, 0.05) is 5.56 Å². The van der Waals surface area contributed by atoms with Gasteiger partial charge in [-0.3, -0.25) is 4.79 Å². The van der Waals surface area contributed by atoms with Crippen LogP contribution in [0.2, 0.25) is 0 Å². The van der Waals surface area contributed by atoms with E-state index in [9.17, 15) is 4.79 Å². The molecule has 21 heavy (non-hydrogen) atoms. The van der Waals surface area contributed by atoms with Crippen molar-refractivity contribution in [3.8, 4) is 18.1 Å². The number of hydrogen-bond acceptors (Lipinski definition) is 3. The average Bonchev–Trinajstić information content (AvgIpc) is 3.35. The van der Waals surface area contributed by atoms with Crippen molar-refractivity contribution in [2.75, 3.05) is 6.61 Å². The summed E-state index contributed by atoms with van der Waals surface area (Å²) >= 11 is 0. The summed E-state index contributed by atoms with van der Waals surface area (Å²) in [6.45, 7) is 0.415. The standard InChI is InChI=1S/C18H16O3/c1-2-11-20-17-10-9-13-5-3-4-6-15(13)16(17)12-21-18(19)14-7-8-14/h1,3-6,9-10,14H,7-8,11-12H2. The van der Waals surface area contributed by atoms with Crippen LogP contribution in [0, 0.1) is 18.3 Å². The zero-order valence-corrected chi connectivity index (χ0v) is 11.7. The van der Waals surface area contributed by atoms with Crippen molar-refractivity contribution in [3.63, 3.8) is 0 Å². The zero-order valence-electron chi connectivity index (χ0n) is 11.7. The van der Waals surface area contributed by atoms with Crippen LogP contribution in [-0.2, 0) is 16.1 Å². The number of carbonyl (C=O) groups is 1. The van der Waals surface area contributed by atoms with E-state index in [1.165, 1.54) is 0 Å². The monoisotopic (exact) mass is 280 g/mol. The van der Waals surface area contributed by atoms with Gasteiger partial charge in [0.1, 0.15) is 19.0 Å². The second-order valence-corrected chi connectivity index (χ2v) is 5.14. The highest BCUT2D eigenvalue weighted by Crippen LogP contribution is 2.32. The fourth-order valence-corrected chi connectivity index (χ4v) is 2.30. The van der Waals surface area contributed by atoms with Crippen molar-refractivity contribution in [1.82, 2.24) is 0 Å². The first-order chi connectivity index (χ1) is 10.3. The van der Waals surface area contributed by atoms with Gasteiger partial charge in [0.15, 0.2) is 0 Å². The Morgan fingerprint density at radius 2 is 2.05 bits per heavy atom. The SMILES string of the molecule is C#CCOc1ccc2ccccc2c1COC(=O)C1CC1.